The van der Waals surface area contributed by atoms with Crippen LogP contribution >= 0.6 is 11.6 Å². The average molecular weight is 638 g/mol. The van der Waals surface area contributed by atoms with Gasteiger partial charge in [-0.2, -0.15) is 5.10 Å². The molecule has 0 radical (unpaired) electrons. The van der Waals surface area contributed by atoms with Gasteiger partial charge in [-0.1, -0.05) is 84.4 Å². The largest absolute Gasteiger partial charge is 0.497 e. The van der Waals surface area contributed by atoms with Gasteiger partial charge in [-0.15, -0.1) is 0 Å². The molecule has 2 aliphatic heterocycles. The molecule has 5 aromatic carbocycles. The number of benzene rings is 5. The quantitative estimate of drug-likeness (QED) is 0.177. The molecular weight excluding hydrogens is 606 g/mol. The fourth-order valence-corrected chi connectivity index (χ4v) is 7.92. The van der Waals surface area contributed by atoms with Crippen molar-refractivity contribution in [2.24, 2.45) is 16.9 Å². The Bertz CT molecular complexity index is 2030. The Kier molecular flexibility index (Phi) is 7.18. The minimum atomic E-state index is -1.51. The summed E-state index contributed by atoms with van der Waals surface area (Å²) in [5.74, 6) is -0.806. The molecule has 7 heteroatoms. The standard InChI is InChI=1S/C40H32ClN3O3/c1-47-31-20-16-28(17-21-31)38(45)36-33-22-18-27-12-8-9-15-32(27)37(33)42-44(30-13-6-3-7-14-30)40(36)34-24-29(41)19-23-35(34)43(39(40)46)25-26-10-4-2-5-11-26/h2-17,19-21,23-24,33,36H,18,22,25H2,1H3/t33-,36-,40+/m0/s1. The zero-order chi connectivity index (χ0) is 32.1. The predicted octanol–water partition coefficient (Wildman–Crippen LogP) is 8.08. The van der Waals surface area contributed by atoms with Crippen LogP contribution in [0.4, 0.5) is 11.4 Å². The second-order valence-corrected chi connectivity index (χ2v) is 12.7. The number of hydrogen-bond donors (Lipinski definition) is 0. The lowest BCUT2D eigenvalue weighted by atomic mass is 9.62. The van der Waals surface area contributed by atoms with Crippen LogP contribution in [0.25, 0.3) is 0 Å². The summed E-state index contributed by atoms with van der Waals surface area (Å²) < 4.78 is 5.42. The molecule has 1 amide bonds. The molecule has 3 atom stereocenters. The smallest absolute Gasteiger partial charge is 0.260 e. The molecule has 0 aromatic heterocycles. The minimum absolute atomic E-state index is 0.119. The van der Waals surface area contributed by atoms with E-state index in [-0.39, 0.29) is 17.6 Å². The van der Waals surface area contributed by atoms with E-state index in [1.54, 1.807) is 31.4 Å². The molecule has 0 bridgehead atoms. The van der Waals surface area contributed by atoms with Crippen LogP contribution in [0.3, 0.4) is 0 Å². The first-order valence-corrected chi connectivity index (χ1v) is 16.2. The van der Waals surface area contributed by atoms with Crippen molar-refractivity contribution in [1.82, 2.24) is 0 Å². The molecule has 0 fully saturated rings. The van der Waals surface area contributed by atoms with E-state index in [2.05, 4.69) is 12.1 Å². The Labute approximate surface area is 278 Å². The molecule has 0 N–H and O–H groups in total. The summed E-state index contributed by atoms with van der Waals surface area (Å²) >= 11 is 6.77. The molecular formula is C40H32ClN3O3. The van der Waals surface area contributed by atoms with E-state index in [1.165, 1.54) is 5.56 Å². The summed E-state index contributed by atoms with van der Waals surface area (Å²) in [6.45, 7) is 0.339. The molecule has 47 heavy (non-hydrogen) atoms. The maximum Gasteiger partial charge on any atom is 0.260 e. The van der Waals surface area contributed by atoms with E-state index in [0.29, 0.717) is 34.9 Å². The van der Waals surface area contributed by atoms with Gasteiger partial charge in [-0.05, 0) is 78.6 Å². The van der Waals surface area contributed by atoms with Gasteiger partial charge in [-0.25, -0.2) is 5.01 Å². The topological polar surface area (TPSA) is 62.2 Å². The van der Waals surface area contributed by atoms with Crippen LogP contribution in [-0.4, -0.2) is 24.5 Å². The Balaban J connectivity index is 1.43. The third kappa shape index (κ3) is 4.58. The molecule has 6 nitrogen and oxygen atoms in total. The Hall–Kier alpha value is -5.20. The third-order valence-corrected chi connectivity index (χ3v) is 10.1. The van der Waals surface area contributed by atoms with Gasteiger partial charge in [-0.3, -0.25) is 9.59 Å². The zero-order valence-electron chi connectivity index (χ0n) is 25.8. The van der Waals surface area contributed by atoms with Crippen LogP contribution in [-0.2, 0) is 23.3 Å². The lowest BCUT2D eigenvalue weighted by molar-refractivity contribution is -0.125. The highest BCUT2D eigenvalue weighted by atomic mass is 35.5. The number of hydrogen-bond acceptors (Lipinski definition) is 5. The van der Waals surface area contributed by atoms with Crippen molar-refractivity contribution in [2.45, 2.75) is 24.9 Å². The predicted molar refractivity (Wildman–Crippen MR) is 185 cm³/mol. The number of amides is 1. The fraction of sp³-hybridized carbons (Fsp3) is 0.175. The fourth-order valence-electron chi connectivity index (χ4n) is 7.74. The van der Waals surface area contributed by atoms with Crippen LogP contribution in [0.15, 0.2) is 132 Å². The van der Waals surface area contributed by atoms with Crippen molar-refractivity contribution >= 4 is 40.4 Å². The molecule has 5 aromatic rings. The summed E-state index contributed by atoms with van der Waals surface area (Å²) in [7, 11) is 1.60. The Morgan fingerprint density at radius 2 is 1.60 bits per heavy atom. The SMILES string of the molecule is COc1ccc(C(=O)[C@@H]2[C@@H]3CCc4ccccc4C3=NN(c3ccccc3)[C@@]23C(=O)N(Cc2ccccc2)c2ccc(Cl)cc23)cc1. The number of hydrazone groups is 1. The van der Waals surface area contributed by atoms with Crippen LogP contribution in [0.5, 0.6) is 5.75 Å². The Morgan fingerprint density at radius 1 is 0.894 bits per heavy atom. The number of aryl methyl sites for hydroxylation is 1. The lowest BCUT2D eigenvalue weighted by Gasteiger charge is -2.51. The van der Waals surface area contributed by atoms with E-state index >= 15 is 9.59 Å². The van der Waals surface area contributed by atoms with Gasteiger partial charge < -0.3 is 9.64 Å². The van der Waals surface area contributed by atoms with Gasteiger partial charge in [0.15, 0.2) is 11.3 Å². The van der Waals surface area contributed by atoms with E-state index < -0.39 is 11.5 Å². The number of carbonyl (C=O) groups is 2. The summed E-state index contributed by atoms with van der Waals surface area (Å²) in [5.41, 5.74) is 5.15. The van der Waals surface area contributed by atoms with Crippen LogP contribution in [0, 0.1) is 11.8 Å². The molecule has 0 saturated carbocycles. The number of Topliss-reactive ketones (excluding diaryl/α,β-unsaturated/α-hetero) is 1. The first-order chi connectivity index (χ1) is 23.0. The third-order valence-electron chi connectivity index (χ3n) is 9.84. The molecule has 232 valence electrons. The maximum absolute atomic E-state index is 15.6. The molecule has 1 spiro atoms. The minimum Gasteiger partial charge on any atom is -0.497 e. The number of para-hydroxylation sites is 1. The zero-order valence-corrected chi connectivity index (χ0v) is 26.6. The number of fused-ring (bicyclic) bond motifs is 5. The first kappa shape index (κ1) is 29.2. The van der Waals surface area contributed by atoms with E-state index in [9.17, 15) is 0 Å². The number of halogens is 1. The maximum atomic E-state index is 15.6. The van der Waals surface area contributed by atoms with Crippen molar-refractivity contribution in [3.05, 3.63) is 160 Å². The van der Waals surface area contributed by atoms with Crippen LogP contribution in [0.2, 0.25) is 5.02 Å². The van der Waals surface area contributed by atoms with Gasteiger partial charge in [0, 0.05) is 27.6 Å². The number of nitrogens with zero attached hydrogens (tertiary/aromatic N) is 3. The van der Waals surface area contributed by atoms with Gasteiger partial charge >= 0.3 is 0 Å². The second kappa shape index (κ2) is 11.6. The molecule has 8 rings (SSSR count). The Morgan fingerprint density at radius 3 is 2.34 bits per heavy atom. The van der Waals surface area contributed by atoms with Crippen LogP contribution < -0.4 is 14.6 Å². The van der Waals surface area contributed by atoms with Gasteiger partial charge in [0.1, 0.15) is 5.75 Å². The highest BCUT2D eigenvalue weighted by Gasteiger charge is 2.66. The lowest BCUT2D eigenvalue weighted by Crippen LogP contribution is -2.64. The first-order valence-electron chi connectivity index (χ1n) is 15.9. The van der Waals surface area contributed by atoms with E-state index in [1.807, 2.05) is 101 Å². The van der Waals surface area contributed by atoms with Crippen molar-refractivity contribution in [1.29, 1.82) is 0 Å². The highest BCUT2D eigenvalue weighted by Crippen LogP contribution is 2.57. The number of ether oxygens (including phenoxy) is 1. The summed E-state index contributed by atoms with van der Waals surface area (Å²) in [6, 6.07) is 40.7. The number of carbonyl (C=O) groups excluding carboxylic acids is 2. The molecule has 3 aliphatic rings. The number of rotatable bonds is 6. The number of methoxy groups -OCH3 is 1. The molecule has 2 heterocycles. The number of anilines is 2. The van der Waals surface area contributed by atoms with E-state index in [4.69, 9.17) is 21.4 Å². The second-order valence-electron chi connectivity index (χ2n) is 12.3. The van der Waals surface area contributed by atoms with Crippen LogP contribution in [0.1, 0.15) is 39.0 Å². The molecule has 0 saturated heterocycles. The van der Waals surface area contributed by atoms with Crippen molar-refractivity contribution in [3.63, 3.8) is 0 Å². The highest BCUT2D eigenvalue weighted by molar-refractivity contribution is 6.31. The molecule has 1 aliphatic carbocycles. The summed E-state index contributed by atoms with van der Waals surface area (Å²) in [6.07, 6.45) is 1.45. The average Bonchev–Trinajstić information content (AvgIpc) is 3.34. The summed E-state index contributed by atoms with van der Waals surface area (Å²) in [4.78, 5) is 32.7. The van der Waals surface area contributed by atoms with Gasteiger partial charge in [0.05, 0.1) is 36.7 Å². The van der Waals surface area contributed by atoms with Crippen molar-refractivity contribution < 1.29 is 14.3 Å². The van der Waals surface area contributed by atoms with E-state index in [0.717, 1.165) is 34.6 Å². The van der Waals surface area contributed by atoms with Crippen molar-refractivity contribution in [2.75, 3.05) is 17.0 Å². The van der Waals surface area contributed by atoms with Crippen molar-refractivity contribution in [3.8, 4) is 5.75 Å². The number of ketones is 1. The monoisotopic (exact) mass is 637 g/mol. The molecule has 0 unspecified atom stereocenters. The summed E-state index contributed by atoms with van der Waals surface area (Å²) in [5, 5.41) is 7.73. The van der Waals surface area contributed by atoms with Gasteiger partial charge in [0.2, 0.25) is 0 Å². The normalized spacial score (nSPS) is 21.1. The van der Waals surface area contributed by atoms with Gasteiger partial charge in [0.25, 0.3) is 5.91 Å².